The van der Waals surface area contributed by atoms with Gasteiger partial charge in [0.15, 0.2) is 0 Å². The summed E-state index contributed by atoms with van der Waals surface area (Å²) in [5.74, 6) is 2.97. The number of rotatable bonds is 6. The third-order valence-corrected chi connectivity index (χ3v) is 10.3. The number of nitrogens with zero attached hydrogens (tertiary/aromatic N) is 6. The maximum Gasteiger partial charge on any atom is 0.418 e. The molecule has 0 aromatic carbocycles. The summed E-state index contributed by atoms with van der Waals surface area (Å²) in [6, 6.07) is 1.09. The normalized spacial score (nSPS) is 26.2. The lowest BCUT2D eigenvalue weighted by Crippen LogP contribution is -2.34. The molecule has 0 amide bonds. The number of thioether (sulfide) groups is 1. The maximum absolute atomic E-state index is 14.2. The molecule has 6 rings (SSSR count). The van der Waals surface area contributed by atoms with Gasteiger partial charge < -0.3 is 4.57 Å². The van der Waals surface area contributed by atoms with Crippen LogP contribution in [0.15, 0.2) is 29.6 Å². The van der Waals surface area contributed by atoms with Crippen LogP contribution >= 0.6 is 11.8 Å². The van der Waals surface area contributed by atoms with E-state index < -0.39 is 11.7 Å². The molecule has 3 aromatic rings. The van der Waals surface area contributed by atoms with E-state index in [1.165, 1.54) is 23.1 Å². The first kappa shape index (κ1) is 26.0. The SMILES string of the molecule is C[C@H]1CCCN(Cc2cc(C(F)(F)F)c3cn(C4CSC([C@@H](c5nncn5C)C5CCC5)C4)c(=O)n3c2)C1. The molecule has 2 saturated heterocycles. The van der Waals surface area contributed by atoms with Crippen LogP contribution in [-0.4, -0.2) is 52.7 Å². The molecule has 7 nitrogen and oxygen atoms in total. The van der Waals surface area contributed by atoms with Crippen LogP contribution in [-0.2, 0) is 19.8 Å². The number of imidazole rings is 1. The highest BCUT2D eigenvalue weighted by molar-refractivity contribution is 8.00. The Balaban J connectivity index is 1.31. The third kappa shape index (κ3) is 4.80. The molecule has 5 heterocycles. The minimum atomic E-state index is -4.54. The number of aromatic nitrogens is 5. The second-order valence-electron chi connectivity index (χ2n) is 11.6. The predicted molar refractivity (Wildman–Crippen MR) is 141 cm³/mol. The molecule has 11 heteroatoms. The summed E-state index contributed by atoms with van der Waals surface area (Å²) in [6.07, 6.45) is 6.69. The smallest absolute Gasteiger partial charge is 0.320 e. The zero-order valence-electron chi connectivity index (χ0n) is 21.9. The molecule has 206 valence electrons. The van der Waals surface area contributed by atoms with Crippen LogP contribution in [0, 0.1) is 11.8 Å². The summed E-state index contributed by atoms with van der Waals surface area (Å²) >= 11 is 1.81. The van der Waals surface area contributed by atoms with E-state index >= 15 is 0 Å². The molecular weight excluding hydrogens is 513 g/mol. The van der Waals surface area contributed by atoms with Crippen LogP contribution in [0.1, 0.15) is 74.4 Å². The number of pyridine rings is 1. The highest BCUT2D eigenvalue weighted by Gasteiger charge is 2.42. The molecule has 2 aliphatic heterocycles. The Bertz CT molecular complexity index is 1360. The van der Waals surface area contributed by atoms with Crippen molar-refractivity contribution in [3.8, 4) is 0 Å². The summed E-state index contributed by atoms with van der Waals surface area (Å²) in [5, 5.41) is 8.76. The van der Waals surface area contributed by atoms with Crippen LogP contribution < -0.4 is 5.69 Å². The number of piperidine rings is 1. The lowest BCUT2D eigenvalue weighted by molar-refractivity contribution is -0.136. The van der Waals surface area contributed by atoms with Crippen molar-refractivity contribution >= 4 is 17.3 Å². The van der Waals surface area contributed by atoms with Gasteiger partial charge in [0.05, 0.1) is 11.1 Å². The molecule has 1 saturated carbocycles. The van der Waals surface area contributed by atoms with Crippen molar-refractivity contribution in [2.24, 2.45) is 18.9 Å². The highest BCUT2D eigenvalue weighted by Crippen LogP contribution is 2.49. The van der Waals surface area contributed by atoms with Gasteiger partial charge in [-0.25, -0.2) is 4.79 Å². The highest BCUT2D eigenvalue weighted by atomic mass is 32.2. The van der Waals surface area contributed by atoms with Crippen molar-refractivity contribution in [2.45, 2.75) is 75.4 Å². The van der Waals surface area contributed by atoms with E-state index in [4.69, 9.17) is 0 Å². The second kappa shape index (κ2) is 10.0. The standard InChI is InChI=1S/C27H35F3N6OS/c1-17-5-4-8-34(11-17)12-18-9-21(27(28,29)30)22-14-35(26(37)36(22)13-18)20-10-23(38-15-20)24(19-6-3-7-19)25-32-31-16-33(25)2/h9,13-14,16-17,19-20,23-24H,3-8,10-12,15H2,1-2H3/t17-,20?,23?,24-/m0/s1. The van der Waals surface area contributed by atoms with Crippen molar-refractivity contribution in [3.05, 3.63) is 52.2 Å². The van der Waals surface area contributed by atoms with Crippen molar-refractivity contribution < 1.29 is 13.2 Å². The van der Waals surface area contributed by atoms with Gasteiger partial charge in [0.2, 0.25) is 0 Å². The van der Waals surface area contributed by atoms with Gasteiger partial charge in [-0.15, -0.1) is 10.2 Å². The van der Waals surface area contributed by atoms with Gasteiger partial charge in [0, 0.05) is 55.5 Å². The lowest BCUT2D eigenvalue weighted by Gasteiger charge is -2.36. The number of alkyl halides is 3. The molecule has 0 spiro atoms. The minimum Gasteiger partial charge on any atom is -0.320 e. The largest absolute Gasteiger partial charge is 0.418 e. The monoisotopic (exact) mass is 548 g/mol. The Morgan fingerprint density at radius 2 is 2.00 bits per heavy atom. The Morgan fingerprint density at radius 3 is 2.66 bits per heavy atom. The second-order valence-corrected chi connectivity index (χ2v) is 12.9. The average molecular weight is 549 g/mol. The van der Waals surface area contributed by atoms with Crippen LogP contribution in [0.3, 0.4) is 0 Å². The van der Waals surface area contributed by atoms with E-state index in [-0.39, 0.29) is 28.4 Å². The van der Waals surface area contributed by atoms with Crippen LogP contribution in [0.2, 0.25) is 0 Å². The molecule has 0 radical (unpaired) electrons. The van der Waals surface area contributed by atoms with Crippen molar-refractivity contribution in [1.29, 1.82) is 0 Å². The fourth-order valence-corrected chi connectivity index (χ4v) is 8.36. The number of hydrogen-bond acceptors (Lipinski definition) is 5. The third-order valence-electron chi connectivity index (χ3n) is 8.80. The molecular formula is C27H35F3N6OS. The number of hydrogen-bond donors (Lipinski definition) is 0. The molecule has 3 fully saturated rings. The molecule has 38 heavy (non-hydrogen) atoms. The van der Waals surface area contributed by atoms with E-state index in [0.29, 0.717) is 29.7 Å². The van der Waals surface area contributed by atoms with E-state index in [0.717, 1.165) is 51.0 Å². The molecule has 1 aliphatic carbocycles. The first-order chi connectivity index (χ1) is 18.2. The van der Waals surface area contributed by atoms with Crippen LogP contribution in [0.5, 0.6) is 0 Å². The van der Waals surface area contributed by atoms with Gasteiger partial charge in [-0.2, -0.15) is 24.9 Å². The topological polar surface area (TPSA) is 60.4 Å². The number of aryl methyl sites for hydroxylation is 1. The van der Waals surface area contributed by atoms with Crippen molar-refractivity contribution in [3.63, 3.8) is 0 Å². The minimum absolute atomic E-state index is 0.0597. The van der Waals surface area contributed by atoms with E-state index in [2.05, 4.69) is 22.0 Å². The molecule has 3 aliphatic rings. The zero-order valence-corrected chi connectivity index (χ0v) is 22.7. The van der Waals surface area contributed by atoms with Crippen LogP contribution in [0.25, 0.3) is 5.52 Å². The molecule has 3 aromatic heterocycles. The summed E-state index contributed by atoms with van der Waals surface area (Å²) in [6.45, 7) is 4.33. The molecule has 0 N–H and O–H groups in total. The maximum atomic E-state index is 14.2. The van der Waals surface area contributed by atoms with Gasteiger partial charge in [0.1, 0.15) is 12.2 Å². The summed E-state index contributed by atoms with van der Waals surface area (Å²) in [5.41, 5.74) is -0.644. The Labute approximate surface area is 224 Å². The van der Waals surface area contributed by atoms with Crippen LogP contribution in [0.4, 0.5) is 13.2 Å². The summed E-state index contributed by atoms with van der Waals surface area (Å²) in [4.78, 5) is 15.8. The van der Waals surface area contributed by atoms with E-state index in [1.54, 1.807) is 17.1 Å². The zero-order chi connectivity index (χ0) is 26.6. The Kier molecular flexibility index (Phi) is 6.86. The van der Waals surface area contributed by atoms with E-state index in [1.807, 2.05) is 23.4 Å². The first-order valence-electron chi connectivity index (χ1n) is 13.7. The van der Waals surface area contributed by atoms with Gasteiger partial charge in [-0.1, -0.05) is 13.3 Å². The first-order valence-corrected chi connectivity index (χ1v) is 14.7. The number of fused-ring (bicyclic) bond motifs is 1. The Morgan fingerprint density at radius 1 is 1.18 bits per heavy atom. The average Bonchev–Trinajstić information content (AvgIpc) is 3.55. The number of halogens is 3. The lowest BCUT2D eigenvalue weighted by atomic mass is 9.73. The molecule has 4 atom stereocenters. The van der Waals surface area contributed by atoms with Gasteiger partial charge in [-0.05, 0) is 62.1 Å². The fraction of sp³-hybridized carbons (Fsp3) is 0.667. The fourth-order valence-electron chi connectivity index (χ4n) is 6.68. The van der Waals surface area contributed by atoms with Gasteiger partial charge in [-0.3, -0.25) is 13.9 Å². The predicted octanol–water partition coefficient (Wildman–Crippen LogP) is 5.11. The Hall–Kier alpha value is -2.27. The van der Waals surface area contributed by atoms with Gasteiger partial charge in [0.25, 0.3) is 0 Å². The summed E-state index contributed by atoms with van der Waals surface area (Å²) < 4.78 is 47.4. The van der Waals surface area contributed by atoms with Gasteiger partial charge >= 0.3 is 11.9 Å². The summed E-state index contributed by atoms with van der Waals surface area (Å²) in [7, 11) is 1.96. The van der Waals surface area contributed by atoms with E-state index in [9.17, 15) is 18.0 Å². The quantitative estimate of drug-likeness (QED) is 0.429. The molecule has 0 bridgehead atoms. The number of likely N-dealkylation sites (tertiary alicyclic amines) is 1. The van der Waals surface area contributed by atoms with Crippen molar-refractivity contribution in [2.75, 3.05) is 18.8 Å². The molecule has 2 unspecified atom stereocenters. The van der Waals surface area contributed by atoms with Crippen molar-refractivity contribution in [1.82, 2.24) is 28.6 Å².